The quantitative estimate of drug-likeness (QED) is 0.630. The van der Waals surface area contributed by atoms with Gasteiger partial charge in [0.05, 0.1) is 11.0 Å². The Morgan fingerprint density at radius 1 is 1.22 bits per heavy atom. The molecule has 0 aromatic heterocycles. The lowest BCUT2D eigenvalue weighted by Crippen LogP contribution is -2.16. The lowest BCUT2D eigenvalue weighted by atomic mass is 10.2. The maximum atomic E-state index is 13.1. The Kier molecular flexibility index (Phi) is 5.21. The molecule has 2 rings (SSSR count). The van der Waals surface area contributed by atoms with Crippen LogP contribution in [0.25, 0.3) is 0 Å². The molecule has 0 spiro atoms. The number of halogens is 1. The van der Waals surface area contributed by atoms with Crippen molar-refractivity contribution in [3.63, 3.8) is 0 Å². The van der Waals surface area contributed by atoms with Crippen molar-refractivity contribution in [3.8, 4) is 0 Å². The van der Waals surface area contributed by atoms with Crippen LogP contribution in [-0.2, 0) is 9.53 Å². The van der Waals surface area contributed by atoms with Crippen molar-refractivity contribution in [2.75, 3.05) is 24.4 Å². The predicted molar refractivity (Wildman–Crippen MR) is 83.3 cm³/mol. The summed E-state index contributed by atoms with van der Waals surface area (Å²) in [4.78, 5) is 21.7. The Morgan fingerprint density at radius 2 is 1.87 bits per heavy atom. The van der Waals surface area contributed by atoms with Gasteiger partial charge in [-0.3, -0.25) is 14.9 Å². The van der Waals surface area contributed by atoms with Gasteiger partial charge in [-0.05, 0) is 36.4 Å². The normalized spacial score (nSPS) is 10.2. The van der Waals surface area contributed by atoms with Gasteiger partial charge in [0.15, 0.2) is 0 Å². The van der Waals surface area contributed by atoms with Gasteiger partial charge in [0, 0.05) is 18.5 Å². The molecule has 23 heavy (non-hydrogen) atoms. The first-order valence-corrected chi connectivity index (χ1v) is 6.59. The van der Waals surface area contributed by atoms with E-state index in [9.17, 15) is 19.3 Å². The van der Waals surface area contributed by atoms with Crippen LogP contribution in [-0.4, -0.2) is 24.5 Å². The fourth-order valence-corrected chi connectivity index (χ4v) is 1.88. The molecule has 8 heteroatoms. The minimum atomic E-state index is -0.682. The number of hydrogen-bond donors (Lipinski definition) is 2. The Balaban J connectivity index is 2.12. The minimum Gasteiger partial charge on any atom is -0.375 e. The van der Waals surface area contributed by atoms with Gasteiger partial charge < -0.3 is 15.4 Å². The van der Waals surface area contributed by atoms with Crippen molar-refractivity contribution in [1.82, 2.24) is 0 Å². The summed E-state index contributed by atoms with van der Waals surface area (Å²) in [6.45, 7) is -0.0538. The highest BCUT2D eigenvalue weighted by Gasteiger charge is 2.15. The van der Waals surface area contributed by atoms with E-state index in [2.05, 4.69) is 10.6 Å². The molecule has 0 aliphatic carbocycles. The molecule has 0 saturated heterocycles. The molecule has 120 valence electrons. The third-order valence-corrected chi connectivity index (χ3v) is 2.88. The van der Waals surface area contributed by atoms with Crippen LogP contribution in [0.15, 0.2) is 42.5 Å². The van der Waals surface area contributed by atoms with E-state index in [1.165, 1.54) is 13.2 Å². The van der Waals surface area contributed by atoms with E-state index in [0.29, 0.717) is 11.4 Å². The molecule has 0 saturated carbocycles. The Labute approximate surface area is 131 Å². The molecule has 0 fully saturated rings. The predicted octanol–water partition coefficient (Wildman–Crippen LogP) is 3.06. The van der Waals surface area contributed by atoms with E-state index in [1.807, 2.05) is 0 Å². The molecule has 0 heterocycles. The van der Waals surface area contributed by atoms with Gasteiger partial charge in [0.2, 0.25) is 5.91 Å². The highest BCUT2D eigenvalue weighted by molar-refractivity contribution is 5.91. The number of carbonyl (C=O) groups excluding carboxylic acids is 1. The second-order valence-electron chi connectivity index (χ2n) is 4.60. The molecule has 0 aliphatic rings. The molecule has 1 amide bonds. The van der Waals surface area contributed by atoms with Crippen LogP contribution in [0, 0.1) is 15.9 Å². The second-order valence-corrected chi connectivity index (χ2v) is 4.60. The molecule has 0 aliphatic heterocycles. The van der Waals surface area contributed by atoms with Crippen molar-refractivity contribution < 1.29 is 18.8 Å². The lowest BCUT2D eigenvalue weighted by molar-refractivity contribution is -0.384. The molecule has 2 aromatic carbocycles. The van der Waals surface area contributed by atoms with E-state index < -0.39 is 10.7 Å². The Hall–Kier alpha value is -3.00. The summed E-state index contributed by atoms with van der Waals surface area (Å²) in [6.07, 6.45) is 0. The number of nitro benzene ring substituents is 1. The molecular weight excluding hydrogens is 305 g/mol. The van der Waals surface area contributed by atoms with E-state index in [1.54, 1.807) is 24.3 Å². The van der Waals surface area contributed by atoms with Crippen LogP contribution in [0.1, 0.15) is 0 Å². The molecule has 0 atom stereocenters. The van der Waals surface area contributed by atoms with Crippen LogP contribution < -0.4 is 10.6 Å². The largest absolute Gasteiger partial charge is 0.375 e. The Morgan fingerprint density at radius 3 is 2.48 bits per heavy atom. The standard InChI is InChI=1S/C15H14FN3O4/c1-23-9-15(20)18-12-5-3-11(4-6-12)17-13-7-2-10(16)8-14(13)19(21)22/h2-8,17H,9H2,1H3,(H,18,20). The van der Waals surface area contributed by atoms with Crippen LogP contribution in [0.3, 0.4) is 0 Å². The highest BCUT2D eigenvalue weighted by atomic mass is 19.1. The topological polar surface area (TPSA) is 93.5 Å². The zero-order valence-electron chi connectivity index (χ0n) is 12.2. The summed E-state index contributed by atoms with van der Waals surface area (Å²) >= 11 is 0. The maximum absolute atomic E-state index is 13.1. The third kappa shape index (κ3) is 4.48. The van der Waals surface area contributed by atoms with Crippen LogP contribution >= 0.6 is 0 Å². The van der Waals surface area contributed by atoms with E-state index in [-0.39, 0.29) is 23.9 Å². The highest BCUT2D eigenvalue weighted by Crippen LogP contribution is 2.28. The second kappa shape index (κ2) is 7.32. The first-order chi connectivity index (χ1) is 11.0. The van der Waals surface area contributed by atoms with Crippen LogP contribution in [0.2, 0.25) is 0 Å². The van der Waals surface area contributed by atoms with Crippen molar-refractivity contribution in [1.29, 1.82) is 0 Å². The molecular formula is C15H14FN3O4. The monoisotopic (exact) mass is 319 g/mol. The number of ether oxygens (including phenoxy) is 1. The molecule has 0 unspecified atom stereocenters. The minimum absolute atomic E-state index is 0.0538. The third-order valence-electron chi connectivity index (χ3n) is 2.88. The van der Waals surface area contributed by atoms with Crippen molar-refractivity contribution in [2.45, 2.75) is 0 Å². The SMILES string of the molecule is COCC(=O)Nc1ccc(Nc2ccc(F)cc2[N+](=O)[O-])cc1. The van der Waals surface area contributed by atoms with Crippen LogP contribution in [0.4, 0.5) is 27.1 Å². The van der Waals surface area contributed by atoms with Gasteiger partial charge in [-0.15, -0.1) is 0 Å². The molecule has 7 nitrogen and oxygen atoms in total. The molecule has 2 N–H and O–H groups in total. The first-order valence-electron chi connectivity index (χ1n) is 6.59. The van der Waals surface area contributed by atoms with E-state index in [4.69, 9.17) is 4.74 Å². The zero-order valence-corrected chi connectivity index (χ0v) is 12.2. The summed E-state index contributed by atoms with van der Waals surface area (Å²) in [5.41, 5.74) is 0.936. The Bertz CT molecular complexity index is 719. The van der Waals surface area contributed by atoms with Gasteiger partial charge in [-0.2, -0.15) is 0 Å². The van der Waals surface area contributed by atoms with Crippen molar-refractivity contribution in [3.05, 3.63) is 58.4 Å². The first kappa shape index (κ1) is 16.4. The number of benzene rings is 2. The fourth-order valence-electron chi connectivity index (χ4n) is 1.88. The number of nitrogens with one attached hydrogen (secondary N) is 2. The summed E-state index contributed by atoms with van der Waals surface area (Å²) in [6, 6.07) is 9.81. The van der Waals surface area contributed by atoms with Gasteiger partial charge in [-0.1, -0.05) is 0 Å². The van der Waals surface area contributed by atoms with E-state index >= 15 is 0 Å². The van der Waals surface area contributed by atoms with Gasteiger partial charge in [-0.25, -0.2) is 4.39 Å². The summed E-state index contributed by atoms with van der Waals surface area (Å²) in [5.74, 6) is -0.971. The number of hydrogen-bond acceptors (Lipinski definition) is 5. The molecule has 0 radical (unpaired) electrons. The number of methoxy groups -OCH3 is 1. The van der Waals surface area contributed by atoms with Crippen LogP contribution in [0.5, 0.6) is 0 Å². The van der Waals surface area contributed by atoms with Crippen molar-refractivity contribution in [2.24, 2.45) is 0 Å². The average Bonchev–Trinajstić information content (AvgIpc) is 2.51. The average molecular weight is 319 g/mol. The summed E-state index contributed by atoms with van der Waals surface area (Å²) in [7, 11) is 1.42. The number of carbonyl (C=O) groups is 1. The van der Waals surface area contributed by atoms with E-state index in [0.717, 1.165) is 12.1 Å². The number of nitro groups is 1. The van der Waals surface area contributed by atoms with Gasteiger partial charge >= 0.3 is 0 Å². The zero-order chi connectivity index (χ0) is 16.8. The smallest absolute Gasteiger partial charge is 0.295 e. The molecule has 0 bridgehead atoms. The number of rotatable bonds is 6. The maximum Gasteiger partial charge on any atom is 0.295 e. The van der Waals surface area contributed by atoms with Gasteiger partial charge in [0.1, 0.15) is 18.1 Å². The number of anilines is 3. The molecule has 2 aromatic rings. The lowest BCUT2D eigenvalue weighted by Gasteiger charge is -2.09. The van der Waals surface area contributed by atoms with Gasteiger partial charge in [0.25, 0.3) is 5.69 Å². The number of amides is 1. The van der Waals surface area contributed by atoms with Crippen molar-refractivity contribution >= 4 is 28.7 Å². The summed E-state index contributed by atoms with van der Waals surface area (Å²) < 4.78 is 17.8. The fraction of sp³-hybridized carbons (Fsp3) is 0.133. The summed E-state index contributed by atoms with van der Waals surface area (Å²) in [5, 5.41) is 16.4. The number of nitrogens with zero attached hydrogens (tertiary/aromatic N) is 1.